The summed E-state index contributed by atoms with van der Waals surface area (Å²) in [5, 5.41) is 30.5. The molecule has 0 aliphatic rings. The number of carbonyl (C=O) groups is 1. The number of aliphatic carboxylic acids is 1. The first-order valence-corrected chi connectivity index (χ1v) is 7.12. The fourth-order valence-electron chi connectivity index (χ4n) is 2.21. The van der Waals surface area contributed by atoms with Crippen molar-refractivity contribution in [2.24, 2.45) is 0 Å². The number of aromatic nitrogens is 2. The van der Waals surface area contributed by atoms with Crippen molar-refractivity contribution < 1.29 is 15.0 Å². The summed E-state index contributed by atoms with van der Waals surface area (Å²) in [5.41, 5.74) is 2.82. The van der Waals surface area contributed by atoms with Crippen LogP contribution in [-0.4, -0.2) is 26.0 Å². The van der Waals surface area contributed by atoms with Gasteiger partial charge in [0.1, 0.15) is 11.2 Å². The lowest BCUT2D eigenvalue weighted by Gasteiger charge is -2.11. The van der Waals surface area contributed by atoms with Crippen molar-refractivity contribution in [3.63, 3.8) is 0 Å². The zero-order valence-electron chi connectivity index (χ0n) is 12.4. The maximum atomic E-state index is 10.5. The molecule has 1 heterocycles. The monoisotopic (exact) mass is 301 g/mol. The number of phenolic OH excluding ortho intramolecular Hbond substituents is 1. The van der Waals surface area contributed by atoms with Gasteiger partial charge in [0.05, 0.1) is 5.69 Å². The van der Waals surface area contributed by atoms with E-state index in [0.29, 0.717) is 24.9 Å². The quantitative estimate of drug-likeness (QED) is 0.713. The van der Waals surface area contributed by atoms with Gasteiger partial charge in [0, 0.05) is 18.5 Å². The van der Waals surface area contributed by atoms with E-state index in [1.807, 2.05) is 6.92 Å². The van der Waals surface area contributed by atoms with E-state index < -0.39 is 5.97 Å². The number of aryl methyl sites for hydroxylation is 2. The molecule has 0 unspecified atom stereocenters. The van der Waals surface area contributed by atoms with E-state index in [-0.39, 0.29) is 12.2 Å². The van der Waals surface area contributed by atoms with Gasteiger partial charge in [0.15, 0.2) is 0 Å². The van der Waals surface area contributed by atoms with Gasteiger partial charge in [-0.3, -0.25) is 10.2 Å². The summed E-state index contributed by atoms with van der Waals surface area (Å²) in [7, 11) is 0. The van der Waals surface area contributed by atoms with E-state index in [0.717, 1.165) is 16.8 Å². The summed E-state index contributed by atoms with van der Waals surface area (Å²) in [6.07, 6.45) is 1.35. The highest BCUT2D eigenvalue weighted by Gasteiger charge is 2.07. The number of hydrogen-bond acceptors (Lipinski definition) is 4. The lowest BCUT2D eigenvalue weighted by Crippen LogP contribution is -2.23. The van der Waals surface area contributed by atoms with Crippen molar-refractivity contribution in [3.05, 3.63) is 41.4 Å². The number of rotatable bonds is 6. The van der Waals surface area contributed by atoms with Crippen molar-refractivity contribution in [2.75, 3.05) is 0 Å². The van der Waals surface area contributed by atoms with Crippen LogP contribution in [0.1, 0.15) is 24.8 Å². The highest BCUT2D eigenvalue weighted by Crippen LogP contribution is 2.21. The molecule has 1 aromatic heterocycles. The smallest absolute Gasteiger partial charge is 0.303 e. The van der Waals surface area contributed by atoms with Gasteiger partial charge in [0.25, 0.3) is 0 Å². The summed E-state index contributed by atoms with van der Waals surface area (Å²) in [5.74, 6) is -0.613. The Morgan fingerprint density at radius 2 is 1.95 bits per heavy atom. The summed E-state index contributed by atoms with van der Waals surface area (Å²) in [6, 6.07) is 8.50. The minimum absolute atomic E-state index is 0.130. The molecule has 2 aromatic rings. The van der Waals surface area contributed by atoms with Crippen LogP contribution >= 0.6 is 0 Å². The minimum atomic E-state index is -0.808. The molecular formula is C16H19N3O3. The molecule has 0 saturated carbocycles. The van der Waals surface area contributed by atoms with E-state index in [1.165, 1.54) is 0 Å². The Labute approximate surface area is 128 Å². The van der Waals surface area contributed by atoms with Crippen LogP contribution in [0, 0.1) is 12.3 Å². The van der Waals surface area contributed by atoms with Gasteiger partial charge in [-0.25, -0.2) is 4.68 Å². The number of nitrogens with zero attached hydrogens (tertiary/aromatic N) is 2. The van der Waals surface area contributed by atoms with Gasteiger partial charge in [-0.2, -0.15) is 5.10 Å². The lowest BCUT2D eigenvalue weighted by molar-refractivity contribution is -0.137. The molecule has 3 N–H and O–H groups in total. The first kappa shape index (κ1) is 15.8. The highest BCUT2D eigenvalue weighted by atomic mass is 16.4. The largest absolute Gasteiger partial charge is 0.508 e. The summed E-state index contributed by atoms with van der Waals surface area (Å²) in [6.45, 7) is 2.40. The maximum Gasteiger partial charge on any atom is 0.303 e. The molecule has 6 nitrogen and oxygen atoms in total. The van der Waals surface area contributed by atoms with Crippen LogP contribution < -0.4 is 5.49 Å². The van der Waals surface area contributed by atoms with Crippen molar-refractivity contribution in [1.29, 1.82) is 5.41 Å². The molecule has 22 heavy (non-hydrogen) atoms. The Morgan fingerprint density at radius 3 is 2.59 bits per heavy atom. The van der Waals surface area contributed by atoms with Gasteiger partial charge in [-0.05, 0) is 55.7 Å². The van der Waals surface area contributed by atoms with Crippen LogP contribution in [-0.2, 0) is 11.3 Å². The van der Waals surface area contributed by atoms with Gasteiger partial charge in [-0.1, -0.05) is 0 Å². The topological polar surface area (TPSA) is 99.2 Å². The Hall–Kier alpha value is -2.63. The number of aromatic hydroxyl groups is 1. The molecule has 0 amide bonds. The van der Waals surface area contributed by atoms with Gasteiger partial charge < -0.3 is 10.2 Å². The van der Waals surface area contributed by atoms with Crippen molar-refractivity contribution in [1.82, 2.24) is 9.78 Å². The Bertz CT molecular complexity index is 720. The van der Waals surface area contributed by atoms with Crippen molar-refractivity contribution >= 4 is 5.97 Å². The summed E-state index contributed by atoms with van der Waals surface area (Å²) >= 11 is 0. The van der Waals surface area contributed by atoms with Gasteiger partial charge in [-0.15, -0.1) is 0 Å². The maximum absolute atomic E-state index is 10.5. The van der Waals surface area contributed by atoms with Gasteiger partial charge >= 0.3 is 5.97 Å². The Kier molecular flexibility index (Phi) is 4.93. The molecule has 0 fully saturated rings. The number of hydrogen-bond donors (Lipinski definition) is 3. The normalized spacial score (nSPS) is 10.6. The summed E-state index contributed by atoms with van der Waals surface area (Å²) in [4.78, 5) is 10.5. The zero-order valence-corrected chi connectivity index (χ0v) is 12.4. The molecule has 0 atom stereocenters. The molecule has 116 valence electrons. The average Bonchev–Trinajstić information content (AvgIpc) is 2.46. The van der Waals surface area contributed by atoms with Crippen molar-refractivity contribution in [3.8, 4) is 17.0 Å². The molecule has 2 rings (SSSR count). The van der Waals surface area contributed by atoms with E-state index in [9.17, 15) is 9.90 Å². The second kappa shape index (κ2) is 6.89. The third-order valence-corrected chi connectivity index (χ3v) is 3.38. The molecular weight excluding hydrogens is 282 g/mol. The van der Waals surface area contributed by atoms with Gasteiger partial charge in [0.2, 0.25) is 0 Å². The van der Waals surface area contributed by atoms with Crippen LogP contribution in [0.4, 0.5) is 0 Å². The second-order valence-electron chi connectivity index (χ2n) is 5.18. The van der Waals surface area contributed by atoms with Crippen LogP contribution in [0.3, 0.4) is 0 Å². The number of nitrogens with one attached hydrogen (secondary N) is 1. The molecule has 0 bridgehead atoms. The molecule has 6 heteroatoms. The van der Waals surface area contributed by atoms with Crippen LogP contribution in [0.5, 0.6) is 5.75 Å². The number of benzene rings is 1. The first-order valence-electron chi connectivity index (χ1n) is 7.12. The predicted octanol–water partition coefficient (Wildman–Crippen LogP) is 2.30. The van der Waals surface area contributed by atoms with E-state index in [4.69, 9.17) is 10.5 Å². The fraction of sp³-hybridized carbons (Fsp3) is 0.312. The average molecular weight is 301 g/mol. The molecule has 0 aliphatic carbocycles. The Morgan fingerprint density at radius 1 is 1.27 bits per heavy atom. The number of carboxylic acid groups (broad SMARTS) is 1. The SMILES string of the molecule is Cc1cc(=N)n(CCCCC(=O)O)nc1-c1ccc(O)cc1. The standard InChI is InChI=1S/C16H19N3O3/c1-11-10-14(17)19(9-3-2-4-15(21)22)18-16(11)12-5-7-13(20)8-6-12/h5-8,10,17,20H,2-4,9H2,1H3,(H,21,22). The second-order valence-corrected chi connectivity index (χ2v) is 5.18. The predicted molar refractivity (Wildman–Crippen MR) is 81.4 cm³/mol. The first-order chi connectivity index (χ1) is 10.5. The third kappa shape index (κ3) is 3.94. The minimum Gasteiger partial charge on any atom is -0.508 e. The number of phenols is 1. The third-order valence-electron chi connectivity index (χ3n) is 3.38. The molecule has 0 saturated heterocycles. The molecule has 0 aliphatic heterocycles. The molecule has 1 aromatic carbocycles. The van der Waals surface area contributed by atoms with E-state index in [1.54, 1.807) is 35.0 Å². The molecule has 0 radical (unpaired) electrons. The fourth-order valence-corrected chi connectivity index (χ4v) is 2.21. The van der Waals surface area contributed by atoms with Crippen LogP contribution in [0.25, 0.3) is 11.3 Å². The van der Waals surface area contributed by atoms with Crippen LogP contribution in [0.2, 0.25) is 0 Å². The highest BCUT2D eigenvalue weighted by molar-refractivity contribution is 5.66. The number of unbranched alkanes of at least 4 members (excludes halogenated alkanes) is 1. The van der Waals surface area contributed by atoms with Crippen LogP contribution in [0.15, 0.2) is 30.3 Å². The lowest BCUT2D eigenvalue weighted by atomic mass is 10.1. The van der Waals surface area contributed by atoms with E-state index in [2.05, 4.69) is 5.10 Å². The molecule has 0 spiro atoms. The zero-order chi connectivity index (χ0) is 16.1. The van der Waals surface area contributed by atoms with Crippen molar-refractivity contribution in [2.45, 2.75) is 32.7 Å². The van der Waals surface area contributed by atoms with E-state index >= 15 is 0 Å². The Balaban J connectivity index is 2.21. The number of carboxylic acids is 1. The summed E-state index contributed by atoms with van der Waals surface area (Å²) < 4.78 is 1.58.